The quantitative estimate of drug-likeness (QED) is 0.430. The van der Waals surface area contributed by atoms with Crippen molar-refractivity contribution in [2.75, 3.05) is 0 Å². The zero-order chi connectivity index (χ0) is 13.4. The summed E-state index contributed by atoms with van der Waals surface area (Å²) < 4.78 is 5.18. The van der Waals surface area contributed by atoms with Crippen molar-refractivity contribution >= 4 is 61.8 Å². The highest BCUT2D eigenvalue weighted by molar-refractivity contribution is 14.1. The Balaban J connectivity index is 2.10. The normalized spacial score (nSPS) is 11.1. The molecule has 3 aromatic rings. The van der Waals surface area contributed by atoms with Gasteiger partial charge in [-0.3, -0.25) is 0 Å². The van der Waals surface area contributed by atoms with Crippen LogP contribution in [0.1, 0.15) is 5.56 Å². The number of hydrogen-bond acceptors (Lipinski definition) is 1. The molecule has 0 amide bonds. The largest absolute Gasteiger partial charge is 0.331 e. The van der Waals surface area contributed by atoms with E-state index in [0.717, 1.165) is 26.8 Å². The zero-order valence-electron chi connectivity index (χ0n) is 9.86. The second kappa shape index (κ2) is 5.38. The van der Waals surface area contributed by atoms with Crippen molar-refractivity contribution < 1.29 is 0 Å². The van der Waals surface area contributed by atoms with Gasteiger partial charge in [-0.05, 0) is 70.7 Å². The lowest BCUT2D eigenvalue weighted by atomic mass is 10.2. The van der Waals surface area contributed by atoms with Gasteiger partial charge in [-0.25, -0.2) is 0 Å². The molecule has 0 aliphatic rings. The van der Waals surface area contributed by atoms with Crippen molar-refractivity contribution in [3.05, 3.63) is 60.8 Å². The van der Waals surface area contributed by atoms with Crippen LogP contribution in [0.15, 0.2) is 46.9 Å². The molecule has 19 heavy (non-hydrogen) atoms. The average Bonchev–Trinajstić information content (AvgIpc) is 2.65. The minimum Gasteiger partial charge on any atom is -0.331 e. The van der Waals surface area contributed by atoms with E-state index in [1.165, 1.54) is 9.13 Å². The number of nitrogens with one attached hydrogen (secondary N) is 1. The van der Waals surface area contributed by atoms with Crippen molar-refractivity contribution in [1.82, 2.24) is 9.55 Å². The molecule has 3 rings (SSSR count). The van der Waals surface area contributed by atoms with E-state index in [0.29, 0.717) is 0 Å². The van der Waals surface area contributed by atoms with E-state index in [-0.39, 0.29) is 0 Å². The third kappa shape index (κ3) is 2.78. The monoisotopic (exact) mass is 444 g/mol. The smallest absolute Gasteiger partial charge is 0.178 e. The van der Waals surface area contributed by atoms with Crippen LogP contribution in [-0.2, 0) is 6.54 Å². The van der Waals surface area contributed by atoms with Crippen molar-refractivity contribution in [1.29, 1.82) is 0 Å². The fourth-order valence-corrected chi connectivity index (χ4v) is 3.32. The predicted molar refractivity (Wildman–Crippen MR) is 93.1 cm³/mol. The Kier molecular flexibility index (Phi) is 3.77. The van der Waals surface area contributed by atoms with Crippen LogP contribution < -0.4 is 0 Å². The van der Waals surface area contributed by atoms with Crippen molar-refractivity contribution in [2.45, 2.75) is 6.54 Å². The number of rotatable bonds is 2. The highest BCUT2D eigenvalue weighted by atomic mass is 127. The van der Waals surface area contributed by atoms with Crippen LogP contribution in [0.25, 0.3) is 11.0 Å². The number of H-pyrrole nitrogens is 1. The summed E-state index contributed by atoms with van der Waals surface area (Å²) in [6.07, 6.45) is 0. The number of halogens is 2. The van der Waals surface area contributed by atoms with Gasteiger partial charge in [-0.1, -0.05) is 28.1 Å². The van der Waals surface area contributed by atoms with Gasteiger partial charge in [-0.2, -0.15) is 0 Å². The Morgan fingerprint density at radius 3 is 2.84 bits per heavy atom. The molecule has 1 N–H and O–H groups in total. The van der Waals surface area contributed by atoms with Gasteiger partial charge >= 0.3 is 0 Å². The van der Waals surface area contributed by atoms with Crippen LogP contribution in [0, 0.1) is 8.34 Å². The Morgan fingerprint density at radius 1 is 1.21 bits per heavy atom. The molecule has 0 spiro atoms. The molecule has 0 aliphatic heterocycles. The van der Waals surface area contributed by atoms with Gasteiger partial charge in [0, 0.05) is 8.04 Å². The summed E-state index contributed by atoms with van der Waals surface area (Å²) in [7, 11) is 0. The van der Waals surface area contributed by atoms with Crippen molar-refractivity contribution in [2.24, 2.45) is 0 Å². The first kappa shape index (κ1) is 13.3. The molecule has 0 radical (unpaired) electrons. The van der Waals surface area contributed by atoms with E-state index >= 15 is 0 Å². The van der Waals surface area contributed by atoms with Crippen molar-refractivity contribution in [3.8, 4) is 0 Å². The van der Waals surface area contributed by atoms with Crippen LogP contribution >= 0.6 is 50.7 Å². The number of hydrogen-bond donors (Lipinski definition) is 1. The highest BCUT2D eigenvalue weighted by Crippen LogP contribution is 2.20. The lowest BCUT2D eigenvalue weighted by Gasteiger charge is -2.05. The van der Waals surface area contributed by atoms with Gasteiger partial charge in [0.1, 0.15) is 0 Å². The van der Waals surface area contributed by atoms with E-state index in [4.69, 9.17) is 12.2 Å². The van der Waals surface area contributed by atoms with E-state index in [1.54, 1.807) is 0 Å². The number of aromatic nitrogens is 2. The standard InChI is InChI=1S/C14H10BrIN2S/c15-10-3-1-2-9(6-10)8-18-13-5-4-11(16)7-12(13)17-14(18)19/h1-7H,8H2,(H,17,19). The molecule has 0 atom stereocenters. The number of imidazole rings is 1. The zero-order valence-corrected chi connectivity index (χ0v) is 14.4. The maximum atomic E-state index is 5.42. The molecule has 5 heteroatoms. The molecular weight excluding hydrogens is 435 g/mol. The molecule has 2 aromatic carbocycles. The summed E-state index contributed by atoms with van der Waals surface area (Å²) in [4.78, 5) is 3.26. The first-order chi connectivity index (χ1) is 9.13. The third-order valence-corrected chi connectivity index (χ3v) is 4.45. The number of aromatic amines is 1. The summed E-state index contributed by atoms with van der Waals surface area (Å²) in [5.41, 5.74) is 3.46. The maximum Gasteiger partial charge on any atom is 0.178 e. The second-order valence-electron chi connectivity index (χ2n) is 4.31. The predicted octanol–water partition coefficient (Wildman–Crippen LogP) is 5.11. The second-order valence-corrected chi connectivity index (χ2v) is 6.86. The molecular formula is C14H10BrIN2S. The van der Waals surface area contributed by atoms with Gasteiger partial charge in [0.2, 0.25) is 0 Å². The lowest BCUT2D eigenvalue weighted by molar-refractivity contribution is 0.810. The fourth-order valence-electron chi connectivity index (χ4n) is 2.11. The van der Waals surface area contributed by atoms with Gasteiger partial charge in [0.25, 0.3) is 0 Å². The van der Waals surface area contributed by atoms with E-state index in [2.05, 4.69) is 78.4 Å². The molecule has 1 heterocycles. The molecule has 0 bridgehead atoms. The molecule has 1 aromatic heterocycles. The Bertz CT molecular complexity index is 807. The fraction of sp³-hybridized carbons (Fsp3) is 0.0714. The number of fused-ring (bicyclic) bond motifs is 1. The lowest BCUT2D eigenvalue weighted by Crippen LogP contribution is -1.99. The maximum absolute atomic E-state index is 5.42. The Morgan fingerprint density at radius 2 is 2.05 bits per heavy atom. The molecule has 96 valence electrons. The molecule has 0 saturated carbocycles. The molecule has 2 nitrogen and oxygen atoms in total. The minimum atomic E-state index is 0.761. The van der Waals surface area contributed by atoms with Gasteiger partial charge in [-0.15, -0.1) is 0 Å². The first-order valence-electron chi connectivity index (χ1n) is 5.76. The molecule has 0 aliphatic carbocycles. The van der Waals surface area contributed by atoms with Crippen LogP contribution in [0.2, 0.25) is 0 Å². The number of benzene rings is 2. The molecule has 0 unspecified atom stereocenters. The van der Waals surface area contributed by atoms with Crippen LogP contribution in [0.5, 0.6) is 0 Å². The van der Waals surface area contributed by atoms with Crippen LogP contribution in [0.4, 0.5) is 0 Å². The Hall–Kier alpha value is -0.660. The first-order valence-corrected chi connectivity index (χ1v) is 8.04. The van der Waals surface area contributed by atoms with Crippen LogP contribution in [-0.4, -0.2) is 9.55 Å². The summed E-state index contributed by atoms with van der Waals surface area (Å²) in [6, 6.07) is 14.6. The summed E-state index contributed by atoms with van der Waals surface area (Å²) in [5, 5.41) is 0. The highest BCUT2D eigenvalue weighted by Gasteiger charge is 2.05. The van der Waals surface area contributed by atoms with Gasteiger partial charge in [0.15, 0.2) is 4.77 Å². The van der Waals surface area contributed by atoms with Gasteiger partial charge in [0.05, 0.1) is 17.6 Å². The summed E-state index contributed by atoms with van der Waals surface area (Å²) in [5.74, 6) is 0. The average molecular weight is 445 g/mol. The SMILES string of the molecule is S=c1[nH]c2cc(I)ccc2n1Cc1cccc(Br)c1. The van der Waals surface area contributed by atoms with Crippen LogP contribution in [0.3, 0.4) is 0 Å². The van der Waals surface area contributed by atoms with E-state index < -0.39 is 0 Å². The minimum absolute atomic E-state index is 0.761. The Labute approximate surface area is 138 Å². The van der Waals surface area contributed by atoms with E-state index in [9.17, 15) is 0 Å². The number of nitrogens with zero attached hydrogens (tertiary/aromatic N) is 1. The molecule has 0 fully saturated rings. The summed E-state index contributed by atoms with van der Waals surface area (Å²) >= 11 is 11.2. The summed E-state index contributed by atoms with van der Waals surface area (Å²) in [6.45, 7) is 0.777. The topological polar surface area (TPSA) is 20.7 Å². The van der Waals surface area contributed by atoms with E-state index in [1.807, 2.05) is 12.1 Å². The van der Waals surface area contributed by atoms with Crippen molar-refractivity contribution in [3.63, 3.8) is 0 Å². The van der Waals surface area contributed by atoms with Gasteiger partial charge < -0.3 is 9.55 Å². The third-order valence-electron chi connectivity index (χ3n) is 2.97. The molecule has 0 saturated heterocycles.